The maximum absolute atomic E-state index is 12.2. The van der Waals surface area contributed by atoms with Gasteiger partial charge in [0.2, 0.25) is 10.0 Å². The smallest absolute Gasteiger partial charge is 0.399 e. The maximum Gasteiger partial charge on any atom is 0.496 e. The second-order valence-corrected chi connectivity index (χ2v) is 8.21. The Hall–Kier alpha value is -0.955. The predicted octanol–water partition coefficient (Wildman–Crippen LogP) is 1.07. The van der Waals surface area contributed by atoms with Crippen LogP contribution < -0.4 is 10.2 Å². The van der Waals surface area contributed by atoms with E-state index < -0.39 is 28.3 Å². The van der Waals surface area contributed by atoms with Crippen molar-refractivity contribution in [3.8, 4) is 0 Å². The number of hydrogen-bond acceptors (Lipinski definition) is 5. The van der Waals surface area contributed by atoms with Gasteiger partial charge in [-0.3, -0.25) is 4.98 Å². The second kappa shape index (κ2) is 5.92. The lowest BCUT2D eigenvalue weighted by atomic mass is 9.80. The van der Waals surface area contributed by atoms with Crippen molar-refractivity contribution in [2.24, 2.45) is 0 Å². The first-order valence-electron chi connectivity index (χ1n) is 7.39. The van der Waals surface area contributed by atoms with Crippen LogP contribution in [0, 0.1) is 0 Å². The molecule has 0 aliphatic carbocycles. The van der Waals surface area contributed by atoms with E-state index in [0.717, 1.165) is 6.42 Å². The molecule has 1 aliphatic rings. The predicted molar refractivity (Wildman–Crippen MR) is 85.4 cm³/mol. The van der Waals surface area contributed by atoms with Crippen LogP contribution >= 0.6 is 0 Å². The van der Waals surface area contributed by atoms with E-state index in [1.165, 1.54) is 6.20 Å². The summed E-state index contributed by atoms with van der Waals surface area (Å²) in [7, 11) is -4.18. The first-order chi connectivity index (χ1) is 10.1. The third kappa shape index (κ3) is 3.35. The summed E-state index contributed by atoms with van der Waals surface area (Å²) in [5, 5.41) is 0. The van der Waals surface area contributed by atoms with E-state index in [2.05, 4.69) is 9.71 Å². The Bertz CT molecular complexity index is 630. The van der Waals surface area contributed by atoms with Gasteiger partial charge >= 0.3 is 7.12 Å². The number of sulfonamides is 1. The summed E-state index contributed by atoms with van der Waals surface area (Å²) in [4.78, 5) is 4.14. The zero-order valence-corrected chi connectivity index (χ0v) is 14.5. The SMILES string of the molecule is CCCNS(=O)(=O)c1cncc(B2OC(C)(C)C(C)(C)O2)c1. The third-order valence-corrected chi connectivity index (χ3v) is 5.54. The van der Waals surface area contributed by atoms with Crippen LogP contribution in [0.15, 0.2) is 23.4 Å². The van der Waals surface area contributed by atoms with Crippen LogP contribution in [-0.4, -0.2) is 38.3 Å². The Morgan fingerprint density at radius 1 is 1.18 bits per heavy atom. The largest absolute Gasteiger partial charge is 0.496 e. The first-order valence-corrected chi connectivity index (χ1v) is 8.87. The number of hydrogen-bond donors (Lipinski definition) is 1. The minimum atomic E-state index is -3.56. The van der Waals surface area contributed by atoms with Crippen LogP contribution in [0.25, 0.3) is 0 Å². The van der Waals surface area contributed by atoms with Crippen molar-refractivity contribution in [1.82, 2.24) is 9.71 Å². The van der Waals surface area contributed by atoms with Gasteiger partial charge in [0.15, 0.2) is 0 Å². The zero-order valence-electron chi connectivity index (χ0n) is 13.7. The van der Waals surface area contributed by atoms with Gasteiger partial charge in [0.25, 0.3) is 0 Å². The van der Waals surface area contributed by atoms with E-state index in [-0.39, 0.29) is 4.90 Å². The zero-order chi connectivity index (χ0) is 16.6. The number of nitrogens with one attached hydrogen (secondary N) is 1. The summed E-state index contributed by atoms with van der Waals surface area (Å²) in [5.74, 6) is 0. The highest BCUT2D eigenvalue weighted by Gasteiger charge is 2.51. The Labute approximate surface area is 132 Å². The summed E-state index contributed by atoms with van der Waals surface area (Å²) in [6.45, 7) is 10.1. The average Bonchev–Trinajstić information content (AvgIpc) is 2.65. The van der Waals surface area contributed by atoms with Crippen molar-refractivity contribution in [3.05, 3.63) is 18.5 Å². The quantitative estimate of drug-likeness (QED) is 0.819. The monoisotopic (exact) mass is 326 g/mol. The molecule has 122 valence electrons. The highest BCUT2D eigenvalue weighted by molar-refractivity contribution is 7.89. The summed E-state index contributed by atoms with van der Waals surface area (Å²) < 4.78 is 38.7. The van der Waals surface area contributed by atoms with E-state index in [4.69, 9.17) is 9.31 Å². The fourth-order valence-corrected chi connectivity index (χ4v) is 3.14. The number of rotatable bonds is 5. The van der Waals surface area contributed by atoms with E-state index in [1.807, 2.05) is 34.6 Å². The third-order valence-electron chi connectivity index (χ3n) is 4.11. The maximum atomic E-state index is 12.2. The molecule has 2 rings (SSSR count). The van der Waals surface area contributed by atoms with Crippen LogP contribution in [0.5, 0.6) is 0 Å². The minimum Gasteiger partial charge on any atom is -0.399 e. The van der Waals surface area contributed by atoms with Crippen molar-refractivity contribution >= 4 is 22.6 Å². The van der Waals surface area contributed by atoms with E-state index in [1.54, 1.807) is 12.3 Å². The van der Waals surface area contributed by atoms with Gasteiger partial charge in [0, 0.05) is 24.4 Å². The molecule has 22 heavy (non-hydrogen) atoms. The first kappa shape index (κ1) is 17.4. The Kier molecular flexibility index (Phi) is 4.68. The van der Waals surface area contributed by atoms with Crippen LogP contribution in [0.1, 0.15) is 41.0 Å². The van der Waals surface area contributed by atoms with E-state index in [9.17, 15) is 8.42 Å². The Balaban J connectivity index is 2.27. The summed E-state index contributed by atoms with van der Waals surface area (Å²) in [5.41, 5.74) is -0.363. The lowest BCUT2D eigenvalue weighted by Crippen LogP contribution is -2.41. The van der Waals surface area contributed by atoms with Crippen LogP contribution in [0.3, 0.4) is 0 Å². The molecule has 0 spiro atoms. The fraction of sp³-hybridized carbons (Fsp3) is 0.643. The molecule has 0 amide bonds. The van der Waals surface area contributed by atoms with Crippen LogP contribution in [0.2, 0.25) is 0 Å². The van der Waals surface area contributed by atoms with Crippen molar-refractivity contribution in [2.75, 3.05) is 6.54 Å². The van der Waals surface area contributed by atoms with Crippen molar-refractivity contribution in [3.63, 3.8) is 0 Å². The van der Waals surface area contributed by atoms with Crippen LogP contribution in [-0.2, 0) is 19.3 Å². The van der Waals surface area contributed by atoms with Gasteiger partial charge < -0.3 is 9.31 Å². The molecule has 0 bridgehead atoms. The Morgan fingerprint density at radius 3 is 2.32 bits per heavy atom. The molecular weight excluding hydrogens is 303 g/mol. The average molecular weight is 326 g/mol. The van der Waals surface area contributed by atoms with Crippen molar-refractivity contribution in [2.45, 2.75) is 57.1 Å². The second-order valence-electron chi connectivity index (χ2n) is 6.44. The molecule has 1 aromatic heterocycles. The molecule has 0 atom stereocenters. The van der Waals surface area contributed by atoms with Gasteiger partial charge in [-0.15, -0.1) is 0 Å². The molecule has 0 saturated carbocycles. The molecule has 1 fully saturated rings. The molecule has 1 saturated heterocycles. The standard InChI is InChI=1S/C14H23BN2O4S/c1-6-7-17-22(18,19)12-8-11(9-16-10-12)15-20-13(2,3)14(4,5)21-15/h8-10,17H,6-7H2,1-5H3. The highest BCUT2D eigenvalue weighted by Crippen LogP contribution is 2.36. The fourth-order valence-electron chi connectivity index (χ4n) is 2.01. The van der Waals surface area contributed by atoms with E-state index >= 15 is 0 Å². The summed E-state index contributed by atoms with van der Waals surface area (Å²) >= 11 is 0. The molecule has 1 aliphatic heterocycles. The van der Waals surface area contributed by atoms with Gasteiger partial charge in [0.1, 0.15) is 0 Å². The van der Waals surface area contributed by atoms with E-state index in [0.29, 0.717) is 12.0 Å². The number of aromatic nitrogens is 1. The van der Waals surface area contributed by atoms with Crippen molar-refractivity contribution in [1.29, 1.82) is 0 Å². The normalized spacial score (nSPS) is 20.3. The summed E-state index contributed by atoms with van der Waals surface area (Å²) in [6.07, 6.45) is 3.62. The number of pyridine rings is 1. The van der Waals surface area contributed by atoms with Gasteiger partial charge in [0.05, 0.1) is 16.1 Å². The topological polar surface area (TPSA) is 77.5 Å². The lowest BCUT2D eigenvalue weighted by Gasteiger charge is -2.32. The molecule has 1 N–H and O–H groups in total. The van der Waals surface area contributed by atoms with Gasteiger partial charge in [-0.05, 0) is 40.2 Å². The molecular formula is C14H23BN2O4S. The van der Waals surface area contributed by atoms with Gasteiger partial charge in [-0.2, -0.15) is 0 Å². The Morgan fingerprint density at radius 2 is 1.77 bits per heavy atom. The molecule has 2 heterocycles. The molecule has 6 nitrogen and oxygen atoms in total. The summed E-state index contributed by atoms with van der Waals surface area (Å²) in [6, 6.07) is 1.55. The molecule has 1 aromatic rings. The highest BCUT2D eigenvalue weighted by atomic mass is 32.2. The molecule has 8 heteroatoms. The molecule has 0 unspecified atom stereocenters. The van der Waals surface area contributed by atoms with Crippen molar-refractivity contribution < 1.29 is 17.7 Å². The van der Waals surface area contributed by atoms with Crippen LogP contribution in [0.4, 0.5) is 0 Å². The molecule has 0 aromatic carbocycles. The minimum absolute atomic E-state index is 0.119. The van der Waals surface area contributed by atoms with Gasteiger partial charge in [-0.1, -0.05) is 6.92 Å². The number of nitrogens with zero attached hydrogens (tertiary/aromatic N) is 1. The lowest BCUT2D eigenvalue weighted by molar-refractivity contribution is 0.00578. The van der Waals surface area contributed by atoms with Gasteiger partial charge in [-0.25, -0.2) is 13.1 Å². The molecule has 0 radical (unpaired) electrons.